The molecule has 2 aliphatic carbocycles. The average Bonchev–Trinajstić information content (AvgIpc) is 3.17. The maximum Gasteiger partial charge on any atom is 0.231 e. The maximum atomic E-state index is 12.7. The van der Waals surface area contributed by atoms with Gasteiger partial charge in [-0.3, -0.25) is 29.8 Å². The highest BCUT2D eigenvalue weighted by Gasteiger charge is 2.59. The zero-order valence-corrected chi connectivity index (χ0v) is 16.4. The van der Waals surface area contributed by atoms with Crippen LogP contribution in [0.3, 0.4) is 0 Å². The molecule has 3 fully saturated rings. The van der Waals surface area contributed by atoms with Gasteiger partial charge in [-0.1, -0.05) is 23.8 Å². The van der Waals surface area contributed by atoms with Crippen molar-refractivity contribution in [3.8, 4) is 11.5 Å². The number of phenolic OH excluding ortho intramolecular Hbond substituents is 1. The second-order valence-corrected chi connectivity index (χ2v) is 8.36. The fourth-order valence-corrected chi connectivity index (χ4v) is 5.82. The third-order valence-corrected chi connectivity index (χ3v) is 7.00. The minimum Gasteiger partial charge on any atom is -0.504 e. The molecule has 8 heteroatoms. The SMILES string of the molecule is CCOc1cccc([C@H]2C3=CC[C@@H]4C(=O)NC(=O)[C@@H]4[C@@H]3C[C@H]3C(=O)NC(=O)[C@@H]23)c1O. The zero-order chi connectivity index (χ0) is 21.2. The summed E-state index contributed by atoms with van der Waals surface area (Å²) in [7, 11) is 0. The molecule has 4 amide bonds. The summed E-state index contributed by atoms with van der Waals surface area (Å²) in [6, 6.07) is 5.12. The molecule has 2 heterocycles. The van der Waals surface area contributed by atoms with Gasteiger partial charge in [0, 0.05) is 11.5 Å². The van der Waals surface area contributed by atoms with Crippen LogP contribution in [0.4, 0.5) is 0 Å². The number of benzene rings is 1. The van der Waals surface area contributed by atoms with Gasteiger partial charge in [0.1, 0.15) is 0 Å². The fraction of sp³-hybridized carbons (Fsp3) is 0.455. The molecule has 0 radical (unpaired) electrons. The summed E-state index contributed by atoms with van der Waals surface area (Å²) in [4.78, 5) is 50.1. The Morgan fingerprint density at radius 3 is 2.40 bits per heavy atom. The van der Waals surface area contributed by atoms with Crippen molar-refractivity contribution in [3.63, 3.8) is 0 Å². The normalized spacial score (nSPS) is 34.5. The number of fused-ring (bicyclic) bond motifs is 4. The Hall–Kier alpha value is -3.16. The molecule has 0 aromatic heterocycles. The van der Waals surface area contributed by atoms with Crippen molar-refractivity contribution in [3.05, 3.63) is 35.4 Å². The molecule has 2 saturated heterocycles. The number of ether oxygens (including phenoxy) is 1. The van der Waals surface area contributed by atoms with Crippen molar-refractivity contribution in [2.45, 2.75) is 25.7 Å². The van der Waals surface area contributed by atoms with Crippen molar-refractivity contribution in [1.29, 1.82) is 0 Å². The Labute approximate surface area is 172 Å². The highest BCUT2D eigenvalue weighted by Crippen LogP contribution is 2.57. The molecule has 1 aromatic carbocycles. The van der Waals surface area contributed by atoms with Crippen molar-refractivity contribution in [2.75, 3.05) is 6.61 Å². The summed E-state index contributed by atoms with van der Waals surface area (Å²) in [5.41, 5.74) is 1.34. The standard InChI is InChI=1S/C22H22N2O6/c1-2-30-14-5-3-4-10(18(14)25)15-9-6-7-11-16(21(28)23-19(11)26)12(9)8-13-17(15)22(29)24-20(13)27/h3-6,11-13,15-17,25H,2,7-8H2,1H3,(H,23,26,28)(H,24,27,29)/t11-,12+,13+,15+,16-,17+/m0/s1. The zero-order valence-electron chi connectivity index (χ0n) is 16.4. The van der Waals surface area contributed by atoms with Gasteiger partial charge < -0.3 is 9.84 Å². The van der Waals surface area contributed by atoms with Crippen LogP contribution in [0.15, 0.2) is 29.8 Å². The van der Waals surface area contributed by atoms with Crippen molar-refractivity contribution in [2.24, 2.45) is 29.6 Å². The number of para-hydroxylation sites is 1. The van der Waals surface area contributed by atoms with Gasteiger partial charge >= 0.3 is 0 Å². The van der Waals surface area contributed by atoms with Gasteiger partial charge in [-0.05, 0) is 31.7 Å². The monoisotopic (exact) mass is 410 g/mol. The number of imide groups is 2. The van der Waals surface area contributed by atoms with Crippen molar-refractivity contribution in [1.82, 2.24) is 10.6 Å². The van der Waals surface area contributed by atoms with Crippen LogP contribution in [-0.4, -0.2) is 35.3 Å². The molecular formula is C22H22N2O6. The second kappa shape index (κ2) is 6.68. The predicted octanol–water partition coefficient (Wildman–Crippen LogP) is 1.00. The fourth-order valence-electron chi connectivity index (χ4n) is 5.82. The quantitative estimate of drug-likeness (QED) is 0.505. The number of phenols is 1. The van der Waals surface area contributed by atoms with E-state index in [0.29, 0.717) is 30.8 Å². The number of amides is 4. The Morgan fingerprint density at radius 1 is 0.967 bits per heavy atom. The predicted molar refractivity (Wildman–Crippen MR) is 103 cm³/mol. The lowest BCUT2D eigenvalue weighted by atomic mass is 9.57. The van der Waals surface area contributed by atoms with E-state index in [4.69, 9.17) is 4.74 Å². The summed E-state index contributed by atoms with van der Waals surface area (Å²) in [5, 5.41) is 15.8. The van der Waals surface area contributed by atoms with Gasteiger partial charge in [0.25, 0.3) is 0 Å². The number of carbonyl (C=O) groups is 4. The van der Waals surface area contributed by atoms with E-state index in [1.54, 1.807) is 25.1 Å². The third kappa shape index (κ3) is 2.52. The highest BCUT2D eigenvalue weighted by atomic mass is 16.5. The number of carbonyl (C=O) groups excluding carboxylic acids is 4. The molecular weight excluding hydrogens is 388 g/mol. The van der Waals surface area contributed by atoms with Crippen LogP contribution >= 0.6 is 0 Å². The number of rotatable bonds is 3. The molecule has 0 unspecified atom stereocenters. The van der Waals surface area contributed by atoms with Crippen molar-refractivity contribution < 1.29 is 29.0 Å². The molecule has 0 spiro atoms. The summed E-state index contributed by atoms with van der Waals surface area (Å²) in [6.45, 7) is 2.17. The van der Waals surface area contributed by atoms with E-state index in [2.05, 4.69) is 10.6 Å². The molecule has 2 aliphatic heterocycles. The molecule has 5 rings (SSSR count). The Balaban J connectivity index is 1.66. The van der Waals surface area contributed by atoms with E-state index in [-0.39, 0.29) is 35.3 Å². The van der Waals surface area contributed by atoms with Crippen LogP contribution in [0, 0.1) is 29.6 Å². The molecule has 6 atom stereocenters. The topological polar surface area (TPSA) is 122 Å². The van der Waals surface area contributed by atoms with E-state index >= 15 is 0 Å². The molecule has 30 heavy (non-hydrogen) atoms. The number of nitrogens with one attached hydrogen (secondary N) is 2. The molecule has 8 nitrogen and oxygen atoms in total. The van der Waals surface area contributed by atoms with Crippen LogP contribution < -0.4 is 15.4 Å². The van der Waals surface area contributed by atoms with Crippen LogP contribution in [0.1, 0.15) is 31.2 Å². The average molecular weight is 410 g/mol. The third-order valence-electron chi connectivity index (χ3n) is 7.00. The van der Waals surface area contributed by atoms with Gasteiger partial charge in [0.15, 0.2) is 11.5 Å². The number of hydrogen-bond acceptors (Lipinski definition) is 6. The number of aromatic hydroxyl groups is 1. The van der Waals surface area contributed by atoms with Gasteiger partial charge in [-0.15, -0.1) is 0 Å². The van der Waals surface area contributed by atoms with Gasteiger partial charge in [0.2, 0.25) is 23.6 Å². The Bertz CT molecular complexity index is 1010. The minimum atomic E-state index is -0.667. The lowest BCUT2D eigenvalue weighted by molar-refractivity contribution is -0.128. The van der Waals surface area contributed by atoms with E-state index < -0.39 is 29.6 Å². The van der Waals surface area contributed by atoms with Crippen LogP contribution in [0.25, 0.3) is 0 Å². The number of hydrogen-bond donors (Lipinski definition) is 3. The van der Waals surface area contributed by atoms with Crippen LogP contribution in [-0.2, 0) is 19.2 Å². The van der Waals surface area contributed by atoms with Crippen LogP contribution in [0.2, 0.25) is 0 Å². The molecule has 0 bridgehead atoms. The molecule has 1 aromatic rings. The van der Waals surface area contributed by atoms with Crippen LogP contribution in [0.5, 0.6) is 11.5 Å². The largest absolute Gasteiger partial charge is 0.504 e. The van der Waals surface area contributed by atoms with E-state index in [9.17, 15) is 24.3 Å². The van der Waals surface area contributed by atoms with E-state index in [0.717, 1.165) is 5.57 Å². The lowest BCUT2D eigenvalue weighted by Gasteiger charge is -2.44. The first-order valence-corrected chi connectivity index (χ1v) is 10.3. The van der Waals surface area contributed by atoms with E-state index in [1.807, 2.05) is 6.08 Å². The molecule has 156 valence electrons. The first kappa shape index (κ1) is 18.8. The van der Waals surface area contributed by atoms with E-state index in [1.165, 1.54) is 0 Å². The minimum absolute atomic E-state index is 0.0640. The Kier molecular flexibility index (Phi) is 4.20. The smallest absolute Gasteiger partial charge is 0.231 e. The van der Waals surface area contributed by atoms with Gasteiger partial charge in [0.05, 0.1) is 30.3 Å². The molecule has 4 aliphatic rings. The number of allylic oxidation sites excluding steroid dienone is 2. The lowest BCUT2D eigenvalue weighted by Crippen LogP contribution is -2.42. The summed E-state index contributed by atoms with van der Waals surface area (Å²) < 4.78 is 5.52. The second-order valence-electron chi connectivity index (χ2n) is 8.36. The first-order valence-electron chi connectivity index (χ1n) is 10.3. The van der Waals surface area contributed by atoms with Gasteiger partial charge in [-0.2, -0.15) is 0 Å². The molecule has 1 saturated carbocycles. The van der Waals surface area contributed by atoms with Crippen molar-refractivity contribution >= 4 is 23.6 Å². The van der Waals surface area contributed by atoms with Gasteiger partial charge in [-0.25, -0.2) is 0 Å². The summed E-state index contributed by atoms with van der Waals surface area (Å²) in [5.74, 6) is -4.28. The molecule has 3 N–H and O–H groups in total. The maximum absolute atomic E-state index is 12.7. The highest BCUT2D eigenvalue weighted by molar-refractivity contribution is 6.07. The summed E-state index contributed by atoms with van der Waals surface area (Å²) >= 11 is 0. The summed E-state index contributed by atoms with van der Waals surface area (Å²) in [6.07, 6.45) is 2.65. The Morgan fingerprint density at radius 2 is 1.67 bits per heavy atom. The first-order chi connectivity index (χ1) is 14.4.